The maximum Gasteiger partial charge on any atom is 0.326 e. The van der Waals surface area contributed by atoms with Gasteiger partial charge in [0, 0.05) is 36.1 Å². The molecule has 0 unspecified atom stereocenters. The monoisotopic (exact) mass is 1210 g/mol. The Morgan fingerprint density at radius 3 is 0.977 bits per heavy atom. The molecule has 2 aliphatic carbocycles. The lowest BCUT2D eigenvalue weighted by Crippen LogP contribution is -2.51. The van der Waals surface area contributed by atoms with Gasteiger partial charge < -0.3 is 38.6 Å². The Labute approximate surface area is 511 Å². The summed E-state index contributed by atoms with van der Waals surface area (Å²) in [5, 5.41) is 21.9. The fourth-order valence-electron chi connectivity index (χ4n) is 10.6. The van der Waals surface area contributed by atoms with Crippen LogP contribution in [0.5, 0.6) is 23.0 Å². The molecule has 0 saturated heterocycles. The van der Waals surface area contributed by atoms with Crippen LogP contribution in [0.15, 0.2) is 48.5 Å². The number of esters is 4. The molecule has 17 nitrogen and oxygen atoms in total. The summed E-state index contributed by atoms with van der Waals surface area (Å²) in [7, 11) is -4.17. The molecular weight excluding hydrogens is 1120 g/mol. The molecule has 0 aliphatic heterocycles. The Hall–Kier alpha value is -6.03. The summed E-state index contributed by atoms with van der Waals surface area (Å²) in [4.78, 5) is 64.9. The first-order valence-corrected chi connectivity index (χ1v) is 31.9. The molecule has 2 N–H and O–H groups in total. The molecule has 86 heavy (non-hydrogen) atoms. The summed E-state index contributed by atoms with van der Waals surface area (Å²) >= 11 is 0. The number of carbonyl (C=O) groups is 4. The fourth-order valence-corrected chi connectivity index (χ4v) is 11.5. The number of nitrogens with zero attached hydrogens (tertiary/aromatic N) is 2. The van der Waals surface area contributed by atoms with Crippen LogP contribution in [0.3, 0.4) is 0 Å². The van der Waals surface area contributed by atoms with Crippen molar-refractivity contribution >= 4 is 32.1 Å². The summed E-state index contributed by atoms with van der Waals surface area (Å²) in [6.07, 6.45) is 13.7. The zero-order valence-corrected chi connectivity index (χ0v) is 55.1. The predicted octanol–water partition coefficient (Wildman–Crippen LogP) is 14.8. The minimum Gasteiger partial charge on any atom is -0.506 e. The molecule has 0 bridgehead atoms. The SMILES string of the molecule is Cc1cc(OC(COC(=O)C(C)(C)C)(COC(=O)C(C)(C)C)O[PH](=O)OC(COC(=O)C(C)(C)C)(COC(=O)C(C)(C)C)Oc2cc(C)c(Cc3ccc(O)c(C4CCCCCC4)n3)c(C)c2)cc(C)c1Cc1ccc(O)c(C2CCCCCC2)n1. The van der Waals surface area contributed by atoms with Crippen molar-refractivity contribution in [2.24, 2.45) is 21.7 Å². The number of pyridine rings is 2. The standard InChI is InChI=1S/C68H97N2O15P/c1-43-33-51(34-44(2)53(43)37-49-29-31-55(71)57(69-49)47-25-21-17-18-22-26-47)82-67(39-78-59(73)63(5,6)7,40-79-60(74)64(8,9)10)84-86(77)85-68(41-80-61(75)65(11,12)13,42-81-62(76)66(14,15)16)83-52-35-45(3)54(46(4)36-52)38-50-30-32-56(72)58(70-50)48-27-23-19-20-24-28-48/h29-36,47-48,71-72,86H,17-28,37-42H2,1-16H3. The molecule has 2 heterocycles. The number of hydrogen-bond donors (Lipinski definition) is 2. The van der Waals surface area contributed by atoms with Crippen LogP contribution in [0.2, 0.25) is 0 Å². The van der Waals surface area contributed by atoms with Gasteiger partial charge in [0.2, 0.25) is 0 Å². The van der Waals surface area contributed by atoms with Gasteiger partial charge in [-0.25, -0.2) is 0 Å². The van der Waals surface area contributed by atoms with E-state index in [9.17, 15) is 29.4 Å². The van der Waals surface area contributed by atoms with Crippen molar-refractivity contribution in [3.8, 4) is 23.0 Å². The molecule has 18 heteroatoms. The summed E-state index contributed by atoms with van der Waals surface area (Å²) in [6, 6.07) is 14.0. The Balaban J connectivity index is 1.43. The first kappa shape index (κ1) is 69.1. The van der Waals surface area contributed by atoms with E-state index < -0.39 is 91.8 Å². The van der Waals surface area contributed by atoms with Gasteiger partial charge in [-0.3, -0.25) is 42.8 Å². The minimum atomic E-state index is -4.17. The number of benzene rings is 2. The molecule has 2 saturated carbocycles. The first-order chi connectivity index (χ1) is 40.1. The second-order valence-corrected chi connectivity index (χ2v) is 28.9. The second-order valence-electron chi connectivity index (χ2n) is 28.0. The first-order valence-electron chi connectivity index (χ1n) is 30.6. The Morgan fingerprint density at radius 1 is 0.453 bits per heavy atom. The van der Waals surface area contributed by atoms with Gasteiger partial charge in [0.25, 0.3) is 11.6 Å². The quantitative estimate of drug-likeness (QED) is 0.0245. The molecule has 6 rings (SSSR count). The van der Waals surface area contributed by atoms with Gasteiger partial charge in [-0.05, 0) is 218 Å². The van der Waals surface area contributed by atoms with Crippen LogP contribution in [0.4, 0.5) is 0 Å². The molecule has 474 valence electrons. The highest BCUT2D eigenvalue weighted by molar-refractivity contribution is 7.33. The van der Waals surface area contributed by atoms with Crippen molar-refractivity contribution in [2.45, 2.75) is 224 Å². The molecule has 4 aromatic rings. The minimum absolute atomic E-state index is 0.157. The zero-order valence-electron chi connectivity index (χ0n) is 54.1. The molecule has 2 fully saturated rings. The van der Waals surface area contributed by atoms with E-state index in [0.29, 0.717) is 24.2 Å². The lowest BCUT2D eigenvalue weighted by Gasteiger charge is -2.37. The Kier molecular flexibility index (Phi) is 23.2. The summed E-state index contributed by atoms with van der Waals surface area (Å²) in [5.41, 5.74) is 3.70. The number of aryl methyl sites for hydroxylation is 4. The van der Waals surface area contributed by atoms with Gasteiger partial charge >= 0.3 is 32.1 Å². The molecule has 2 aliphatic rings. The van der Waals surface area contributed by atoms with Crippen molar-refractivity contribution in [2.75, 3.05) is 26.4 Å². The van der Waals surface area contributed by atoms with Gasteiger partial charge in [-0.1, -0.05) is 51.4 Å². The van der Waals surface area contributed by atoms with Crippen LogP contribution in [0, 0.1) is 49.4 Å². The van der Waals surface area contributed by atoms with Crippen LogP contribution < -0.4 is 9.47 Å². The van der Waals surface area contributed by atoms with Gasteiger partial charge in [0.1, 0.15) is 23.0 Å². The highest BCUT2D eigenvalue weighted by Crippen LogP contribution is 2.43. The van der Waals surface area contributed by atoms with Crippen molar-refractivity contribution in [1.29, 1.82) is 0 Å². The van der Waals surface area contributed by atoms with Gasteiger partial charge in [0.05, 0.1) is 33.0 Å². The van der Waals surface area contributed by atoms with Crippen LogP contribution in [-0.2, 0) is 64.6 Å². The molecule has 0 atom stereocenters. The smallest absolute Gasteiger partial charge is 0.326 e. The summed E-state index contributed by atoms with van der Waals surface area (Å²) in [6.45, 7) is 24.2. The predicted molar refractivity (Wildman–Crippen MR) is 330 cm³/mol. The molecule has 0 radical (unpaired) electrons. The number of aromatic nitrogens is 2. The van der Waals surface area contributed by atoms with Gasteiger partial charge in [0.15, 0.2) is 26.4 Å². The van der Waals surface area contributed by atoms with E-state index in [1.54, 1.807) is 119 Å². The highest BCUT2D eigenvalue weighted by atomic mass is 31.1. The average molecular weight is 1210 g/mol. The third kappa shape index (κ3) is 19.5. The lowest BCUT2D eigenvalue weighted by molar-refractivity contribution is -0.224. The second kappa shape index (κ2) is 28.9. The van der Waals surface area contributed by atoms with Crippen LogP contribution in [0.25, 0.3) is 0 Å². The molecule has 0 amide bonds. The van der Waals surface area contributed by atoms with E-state index >= 15 is 4.57 Å². The summed E-state index contributed by atoms with van der Waals surface area (Å²) in [5.74, 6) is -6.57. The van der Waals surface area contributed by atoms with E-state index in [0.717, 1.165) is 122 Å². The topological polar surface area (TPSA) is 225 Å². The Bertz CT molecular complexity index is 2730. The molecular formula is C68H97N2O15P. The van der Waals surface area contributed by atoms with E-state index in [2.05, 4.69) is 0 Å². The zero-order chi connectivity index (χ0) is 63.6. The van der Waals surface area contributed by atoms with E-state index in [1.807, 2.05) is 39.8 Å². The average Bonchev–Trinajstić information content (AvgIpc) is 1.41. The highest BCUT2D eigenvalue weighted by Gasteiger charge is 2.47. The number of rotatable bonds is 22. The van der Waals surface area contributed by atoms with E-state index in [1.165, 1.54) is 0 Å². The molecule has 2 aromatic heterocycles. The third-order valence-corrected chi connectivity index (χ3v) is 16.8. The van der Waals surface area contributed by atoms with E-state index in [-0.39, 0.29) is 34.8 Å². The largest absolute Gasteiger partial charge is 0.506 e. The number of aromatic hydroxyl groups is 2. The summed E-state index contributed by atoms with van der Waals surface area (Å²) < 4.78 is 65.4. The normalized spacial score (nSPS) is 15.4. The number of hydrogen-bond acceptors (Lipinski definition) is 17. The van der Waals surface area contributed by atoms with Crippen LogP contribution >= 0.6 is 8.25 Å². The van der Waals surface area contributed by atoms with Gasteiger partial charge in [-0.2, -0.15) is 0 Å². The third-order valence-electron chi connectivity index (χ3n) is 15.7. The lowest BCUT2D eigenvalue weighted by atomic mass is 9.94. The maximum atomic E-state index is 15.3. The van der Waals surface area contributed by atoms with Crippen molar-refractivity contribution in [1.82, 2.24) is 9.97 Å². The van der Waals surface area contributed by atoms with Crippen molar-refractivity contribution < 1.29 is 71.4 Å². The van der Waals surface area contributed by atoms with E-state index in [4.69, 9.17) is 47.4 Å². The van der Waals surface area contributed by atoms with Crippen molar-refractivity contribution in [3.05, 3.63) is 105 Å². The van der Waals surface area contributed by atoms with Crippen molar-refractivity contribution in [3.63, 3.8) is 0 Å². The molecule has 0 spiro atoms. The Morgan fingerprint density at radius 2 is 0.721 bits per heavy atom. The molecule has 2 aromatic carbocycles. The fraction of sp³-hybridized carbons (Fsp3) is 0.618. The number of carbonyl (C=O) groups excluding carboxylic acids is 4. The van der Waals surface area contributed by atoms with Gasteiger partial charge in [-0.15, -0.1) is 0 Å². The number of ether oxygens (including phenoxy) is 6. The van der Waals surface area contributed by atoms with Crippen LogP contribution in [0.1, 0.15) is 228 Å². The maximum absolute atomic E-state index is 15.3. The van der Waals surface area contributed by atoms with Crippen LogP contribution in [-0.4, -0.2) is 82.1 Å².